The molecule has 0 amide bonds. The van der Waals surface area contributed by atoms with Gasteiger partial charge < -0.3 is 9.40 Å². The van der Waals surface area contributed by atoms with Crippen LogP contribution in [0.5, 0.6) is 0 Å². The van der Waals surface area contributed by atoms with Crippen molar-refractivity contribution in [2.75, 3.05) is 0 Å². The number of fused-ring (bicyclic) bond motifs is 8. The first-order valence-electron chi connectivity index (χ1n) is 20.9. The fourth-order valence-electron chi connectivity index (χ4n) is 9.29. The summed E-state index contributed by atoms with van der Waals surface area (Å²) in [7, 11) is 0. The van der Waals surface area contributed by atoms with Crippen LogP contribution in [0.2, 0.25) is 0 Å². The number of rotatable bonds is 5. The predicted molar refractivity (Wildman–Crippen MR) is 253 cm³/mol. The second-order valence-corrected chi connectivity index (χ2v) is 17.1. The number of H-pyrrole nitrogens is 1. The molecule has 0 saturated carbocycles. The number of aromatic amines is 1. The minimum Gasteiger partial charge on any atom is -0.454 e. The number of aromatic nitrogens is 4. The van der Waals surface area contributed by atoms with E-state index in [0.29, 0.717) is 0 Å². The maximum atomic E-state index is 6.56. The first-order chi connectivity index (χ1) is 29.9. The van der Waals surface area contributed by atoms with E-state index >= 15 is 0 Å². The first kappa shape index (κ1) is 35.2. The van der Waals surface area contributed by atoms with Gasteiger partial charge in [0.25, 0.3) is 0 Å². The highest BCUT2D eigenvalue weighted by Gasteiger charge is 2.25. The molecule has 1 N–H and O–H groups in total. The molecule has 4 aromatic heterocycles. The van der Waals surface area contributed by atoms with Crippen molar-refractivity contribution in [2.24, 2.45) is 0 Å². The summed E-state index contributed by atoms with van der Waals surface area (Å²) in [5.41, 5.74) is 15.1. The molecule has 0 aliphatic rings. The summed E-state index contributed by atoms with van der Waals surface area (Å²) in [6.45, 7) is 6.86. The molecule has 0 unspecified atom stereocenters. The number of furan rings is 1. The van der Waals surface area contributed by atoms with Crippen molar-refractivity contribution < 1.29 is 4.42 Å². The molecule has 0 aliphatic carbocycles. The summed E-state index contributed by atoms with van der Waals surface area (Å²) >= 11 is 0. The largest absolute Gasteiger partial charge is 0.454 e. The van der Waals surface area contributed by atoms with Gasteiger partial charge in [0.15, 0.2) is 5.58 Å². The Kier molecular flexibility index (Phi) is 7.72. The van der Waals surface area contributed by atoms with Gasteiger partial charge in [0, 0.05) is 55.3 Å². The Morgan fingerprint density at radius 2 is 1.26 bits per heavy atom. The number of benzene rings is 8. The zero-order valence-corrected chi connectivity index (χ0v) is 34.1. The monoisotopic (exact) mass is 784 g/mol. The summed E-state index contributed by atoms with van der Waals surface area (Å²) in [6.07, 6.45) is 1.89. The number of imidazole rings is 1. The topological polar surface area (TPSA) is 59.6 Å². The maximum absolute atomic E-state index is 6.56. The third-order valence-electron chi connectivity index (χ3n) is 12.3. The lowest BCUT2D eigenvalue weighted by molar-refractivity contribution is 0.591. The van der Waals surface area contributed by atoms with Gasteiger partial charge in [-0.3, -0.25) is 9.55 Å². The van der Waals surface area contributed by atoms with E-state index in [1.807, 2.05) is 24.4 Å². The van der Waals surface area contributed by atoms with Crippen LogP contribution in [0, 0.1) is 0 Å². The molecule has 12 rings (SSSR count). The summed E-state index contributed by atoms with van der Waals surface area (Å²) in [4.78, 5) is 14.6. The van der Waals surface area contributed by atoms with Crippen LogP contribution < -0.4 is 0 Å². The number of hydrogen-bond donors (Lipinski definition) is 1. The molecule has 0 saturated heterocycles. The van der Waals surface area contributed by atoms with Gasteiger partial charge in [-0.2, -0.15) is 0 Å². The van der Waals surface area contributed by atoms with Gasteiger partial charge in [0.1, 0.15) is 17.1 Å². The van der Waals surface area contributed by atoms with Crippen LogP contribution in [0.3, 0.4) is 0 Å². The molecule has 0 atom stereocenters. The Bertz CT molecular complexity index is 3690. The van der Waals surface area contributed by atoms with Crippen molar-refractivity contribution in [3.63, 3.8) is 0 Å². The van der Waals surface area contributed by atoms with E-state index in [2.05, 4.69) is 188 Å². The van der Waals surface area contributed by atoms with Crippen LogP contribution in [-0.4, -0.2) is 19.5 Å². The van der Waals surface area contributed by atoms with Crippen LogP contribution >= 0.6 is 0 Å². The Labute approximate surface area is 352 Å². The summed E-state index contributed by atoms with van der Waals surface area (Å²) < 4.78 is 8.94. The Morgan fingerprint density at radius 1 is 0.541 bits per heavy atom. The molecule has 0 aliphatic heterocycles. The molecule has 0 bridgehead atoms. The highest BCUT2D eigenvalue weighted by Crippen LogP contribution is 2.44. The Hall–Kier alpha value is -7.76. The van der Waals surface area contributed by atoms with E-state index in [0.717, 1.165) is 100.0 Å². The third-order valence-corrected chi connectivity index (χ3v) is 12.3. The average Bonchev–Trinajstić information content (AvgIpc) is 4.00. The summed E-state index contributed by atoms with van der Waals surface area (Å²) in [5.74, 6) is 0.884. The molecule has 0 fully saturated rings. The number of hydrogen-bond acceptors (Lipinski definition) is 3. The van der Waals surface area contributed by atoms with Crippen molar-refractivity contribution in [3.05, 3.63) is 188 Å². The van der Waals surface area contributed by atoms with Crippen LogP contribution in [-0.2, 0) is 5.41 Å². The SMILES string of the molecule is CC(C)(C)c1cc(-c2nc3c(-c4cc(-c5ccccc5)cc(-c5nccc6c5oc5ccccc56)c4)cccc3n2-c2cccc3ccccc23)c2[nH]c3ccccc3c2c1. The fraction of sp³-hybridized carbons (Fsp3) is 0.0714. The van der Waals surface area contributed by atoms with Gasteiger partial charge in [-0.05, 0) is 93.7 Å². The van der Waals surface area contributed by atoms with Gasteiger partial charge in [-0.25, -0.2) is 4.98 Å². The average molecular weight is 785 g/mol. The quantitative estimate of drug-likeness (QED) is 0.189. The number of nitrogens with one attached hydrogen (secondary N) is 1. The minimum absolute atomic E-state index is 0.103. The molecule has 290 valence electrons. The van der Waals surface area contributed by atoms with Gasteiger partial charge in [0.05, 0.1) is 22.2 Å². The van der Waals surface area contributed by atoms with Gasteiger partial charge in [0.2, 0.25) is 0 Å². The zero-order chi connectivity index (χ0) is 40.8. The van der Waals surface area contributed by atoms with Crippen molar-refractivity contribution >= 4 is 65.6 Å². The van der Waals surface area contributed by atoms with Crippen LogP contribution in [0.25, 0.3) is 116 Å². The van der Waals surface area contributed by atoms with Crippen molar-refractivity contribution in [2.45, 2.75) is 26.2 Å². The highest BCUT2D eigenvalue weighted by atomic mass is 16.3. The van der Waals surface area contributed by atoms with Gasteiger partial charge in [-0.15, -0.1) is 0 Å². The Morgan fingerprint density at radius 3 is 2.13 bits per heavy atom. The highest BCUT2D eigenvalue weighted by molar-refractivity contribution is 6.13. The van der Waals surface area contributed by atoms with Crippen molar-refractivity contribution in [1.29, 1.82) is 0 Å². The molecule has 8 aromatic carbocycles. The van der Waals surface area contributed by atoms with E-state index in [4.69, 9.17) is 14.4 Å². The van der Waals surface area contributed by atoms with E-state index in [-0.39, 0.29) is 5.41 Å². The maximum Gasteiger partial charge on any atom is 0.161 e. The second-order valence-electron chi connectivity index (χ2n) is 17.1. The fourth-order valence-corrected chi connectivity index (χ4v) is 9.29. The molecular formula is C56H40N4O. The Balaban J connectivity index is 1.18. The summed E-state index contributed by atoms with van der Waals surface area (Å²) in [5, 5.41) is 6.87. The number of nitrogens with zero attached hydrogens (tertiary/aromatic N) is 3. The lowest BCUT2D eigenvalue weighted by atomic mass is 9.85. The van der Waals surface area contributed by atoms with Crippen molar-refractivity contribution in [1.82, 2.24) is 19.5 Å². The molecule has 0 spiro atoms. The molecular weight excluding hydrogens is 745 g/mol. The molecule has 5 heteroatoms. The van der Waals surface area contributed by atoms with E-state index in [1.165, 1.54) is 21.7 Å². The third kappa shape index (κ3) is 5.62. The first-order valence-corrected chi connectivity index (χ1v) is 20.9. The van der Waals surface area contributed by atoms with Gasteiger partial charge >= 0.3 is 0 Å². The minimum atomic E-state index is -0.103. The van der Waals surface area contributed by atoms with E-state index < -0.39 is 0 Å². The zero-order valence-electron chi connectivity index (χ0n) is 34.1. The molecule has 4 heterocycles. The smallest absolute Gasteiger partial charge is 0.161 e. The standard InChI is InChI=1S/C56H40N4O/c1-56(2,3)39-32-45-42-20-9-11-23-47(42)58-52(45)46(33-39)55-59-53-41(22-14-25-49(53)60(55)48-24-13-18-35-17-7-8-19-40(35)48)37-29-36(34-15-5-4-6-16-34)30-38(31-37)51-54-44(27-28-57-51)43-21-10-12-26-50(43)61-54/h4-33,58H,1-3H3. The molecule has 61 heavy (non-hydrogen) atoms. The second kappa shape index (κ2) is 13.4. The molecule has 12 aromatic rings. The normalized spacial score (nSPS) is 12.2. The van der Waals surface area contributed by atoms with Crippen LogP contribution in [0.1, 0.15) is 26.3 Å². The molecule has 5 nitrogen and oxygen atoms in total. The number of para-hydroxylation sites is 3. The van der Waals surface area contributed by atoms with Crippen LogP contribution in [0.4, 0.5) is 0 Å². The van der Waals surface area contributed by atoms with E-state index in [1.54, 1.807) is 0 Å². The van der Waals surface area contributed by atoms with Gasteiger partial charge in [-0.1, -0.05) is 136 Å². The molecule has 0 radical (unpaired) electrons. The van der Waals surface area contributed by atoms with Crippen LogP contribution in [0.15, 0.2) is 187 Å². The number of pyridine rings is 1. The van der Waals surface area contributed by atoms with E-state index in [9.17, 15) is 0 Å². The lowest BCUT2D eigenvalue weighted by Crippen LogP contribution is -2.11. The van der Waals surface area contributed by atoms with Crippen molar-refractivity contribution in [3.8, 4) is 50.6 Å². The lowest BCUT2D eigenvalue weighted by Gasteiger charge is -2.21. The predicted octanol–water partition coefficient (Wildman–Crippen LogP) is 15.1. The summed E-state index contributed by atoms with van der Waals surface area (Å²) in [6, 6.07) is 62.7.